The van der Waals surface area contributed by atoms with Crippen molar-refractivity contribution in [2.75, 3.05) is 13.2 Å². The molecule has 9 aliphatic carbocycles. The van der Waals surface area contributed by atoms with Crippen LogP contribution in [0.2, 0.25) is 0 Å². The van der Waals surface area contributed by atoms with Gasteiger partial charge in [0.1, 0.15) is 25.4 Å². The number of hydrogen-bond donors (Lipinski definition) is 0. The minimum atomic E-state index is -0.393. The molecule has 0 bridgehead atoms. The highest BCUT2D eigenvalue weighted by Gasteiger charge is 2.61. The molecular weight excluding hydrogens is 877 g/mol. The second-order valence-electron chi connectivity index (χ2n) is 29.0. The lowest BCUT2D eigenvalue weighted by Crippen LogP contribution is -2.51. The monoisotopic (exact) mass is 983 g/mol. The van der Waals surface area contributed by atoms with E-state index in [1.165, 1.54) is 103 Å². The SMILES string of the molecule is CC(C)CCCC(C)C1CCC2C3CC=C4CC(OC(=O)COC5CCC(C)(OCC(=O)OC6CCC7(C)C(=CCC8C7CCC7(C)C(C(C)CCCC(C)C)CCC87)C6)CC5)CCC4(C)C3CCC12C. The van der Waals surface area contributed by atoms with Crippen LogP contribution in [0.5, 0.6) is 0 Å². The van der Waals surface area contributed by atoms with Crippen molar-refractivity contribution in [3.63, 3.8) is 0 Å². The average Bonchev–Trinajstić information content (AvgIpc) is 3.88. The van der Waals surface area contributed by atoms with Crippen molar-refractivity contribution in [3.8, 4) is 0 Å². The van der Waals surface area contributed by atoms with E-state index in [2.05, 4.69) is 88.3 Å². The topological polar surface area (TPSA) is 71.1 Å². The van der Waals surface area contributed by atoms with E-state index in [0.717, 1.165) is 135 Å². The van der Waals surface area contributed by atoms with Gasteiger partial charge in [0.05, 0.1) is 11.7 Å². The Hall–Kier alpha value is -1.66. The summed E-state index contributed by atoms with van der Waals surface area (Å²) in [6, 6.07) is 0. The van der Waals surface area contributed by atoms with Crippen molar-refractivity contribution < 1.29 is 28.5 Å². The Bertz CT molecular complexity index is 1910. The largest absolute Gasteiger partial charge is 0.460 e. The van der Waals surface area contributed by atoms with Gasteiger partial charge >= 0.3 is 11.9 Å². The van der Waals surface area contributed by atoms with Gasteiger partial charge in [0.2, 0.25) is 0 Å². The molecule has 6 heteroatoms. The van der Waals surface area contributed by atoms with Crippen LogP contribution in [-0.2, 0) is 28.5 Å². The molecule has 0 aromatic heterocycles. The molecule has 7 saturated carbocycles. The number of esters is 2. The van der Waals surface area contributed by atoms with E-state index in [1.807, 2.05) is 0 Å². The molecule has 0 N–H and O–H groups in total. The number of ether oxygens (including phenoxy) is 4. The Morgan fingerprint density at radius 3 is 1.39 bits per heavy atom. The van der Waals surface area contributed by atoms with Crippen LogP contribution < -0.4 is 0 Å². The molecule has 0 heterocycles. The standard InChI is InChI=1S/C65H106O6/c1-42(2)14-12-16-44(5)53-22-24-55-51-20-18-46-38-49(28-34-62(46,8)57(51)30-36-64(53,55)10)70-59(66)40-68-48-26-32-61(7,33-27-48)69-41-60(67)71-50-29-35-63(9)47(39-50)19-21-52-56-25-23-54(45(6)17-13-15-43(3)4)65(56,11)37-31-58(52)63/h18-19,42-45,48-58H,12-17,20-41H2,1-11H3. The van der Waals surface area contributed by atoms with Crippen LogP contribution in [-0.4, -0.2) is 49.1 Å². The molecule has 0 amide bonds. The van der Waals surface area contributed by atoms with Crippen molar-refractivity contribution in [2.45, 2.75) is 267 Å². The van der Waals surface area contributed by atoms with Crippen LogP contribution in [0.15, 0.2) is 23.3 Å². The van der Waals surface area contributed by atoms with E-state index in [4.69, 9.17) is 18.9 Å². The number of rotatable bonds is 18. The maximum atomic E-state index is 13.3. The van der Waals surface area contributed by atoms with E-state index < -0.39 is 5.60 Å². The van der Waals surface area contributed by atoms with Crippen LogP contribution in [0.3, 0.4) is 0 Å². The smallest absolute Gasteiger partial charge is 0.332 e. The van der Waals surface area contributed by atoms with Crippen molar-refractivity contribution in [1.29, 1.82) is 0 Å². The quantitative estimate of drug-likeness (QED) is 0.101. The molecule has 71 heavy (non-hydrogen) atoms. The summed E-state index contributed by atoms with van der Waals surface area (Å²) >= 11 is 0. The highest BCUT2D eigenvalue weighted by Crippen LogP contribution is 2.69. The summed E-state index contributed by atoms with van der Waals surface area (Å²) in [6.45, 7) is 27.3. The molecule has 6 nitrogen and oxygen atoms in total. The zero-order valence-corrected chi connectivity index (χ0v) is 47.6. The molecular formula is C65H106O6. The average molecular weight is 984 g/mol. The predicted octanol–water partition coefficient (Wildman–Crippen LogP) is 16.6. The van der Waals surface area contributed by atoms with E-state index >= 15 is 0 Å². The van der Waals surface area contributed by atoms with Crippen LogP contribution in [0.1, 0.15) is 243 Å². The summed E-state index contributed by atoms with van der Waals surface area (Å²) in [5.74, 6) is 9.52. The first kappa shape index (κ1) is 54.1. The van der Waals surface area contributed by atoms with E-state index in [1.54, 1.807) is 11.1 Å². The van der Waals surface area contributed by atoms with Crippen LogP contribution >= 0.6 is 0 Å². The predicted molar refractivity (Wildman–Crippen MR) is 288 cm³/mol. The number of carbonyl (C=O) groups excluding carboxylic acids is 2. The normalized spacial score (nSPS) is 43.7. The molecule has 0 spiro atoms. The Morgan fingerprint density at radius 1 is 0.507 bits per heavy atom. The van der Waals surface area contributed by atoms with Gasteiger partial charge in [0.15, 0.2) is 0 Å². The zero-order chi connectivity index (χ0) is 50.5. The first-order valence-corrected chi connectivity index (χ1v) is 30.8. The molecule has 9 rings (SSSR count). The molecule has 402 valence electrons. The third-order valence-corrected chi connectivity index (χ3v) is 24.1. The second kappa shape index (κ2) is 21.8. The summed E-state index contributed by atoms with van der Waals surface area (Å²) in [5, 5.41) is 0. The number of fused-ring (bicyclic) bond motifs is 10. The van der Waals surface area contributed by atoms with Gasteiger partial charge in [-0.1, -0.05) is 131 Å². The third-order valence-electron chi connectivity index (χ3n) is 24.1. The van der Waals surface area contributed by atoms with Crippen LogP contribution in [0.25, 0.3) is 0 Å². The van der Waals surface area contributed by atoms with E-state index in [-0.39, 0.29) is 54.3 Å². The first-order valence-electron chi connectivity index (χ1n) is 30.8. The molecule has 16 unspecified atom stereocenters. The van der Waals surface area contributed by atoms with E-state index in [0.29, 0.717) is 10.8 Å². The Kier molecular flexibility index (Phi) is 16.6. The molecule has 0 saturated heterocycles. The van der Waals surface area contributed by atoms with Crippen molar-refractivity contribution in [1.82, 2.24) is 0 Å². The molecule has 0 aromatic rings. The van der Waals surface area contributed by atoms with Crippen LogP contribution in [0, 0.1) is 92.7 Å². The van der Waals surface area contributed by atoms with Crippen LogP contribution in [0.4, 0.5) is 0 Å². The van der Waals surface area contributed by atoms with Gasteiger partial charge in [-0.15, -0.1) is 0 Å². The molecule has 0 aromatic carbocycles. The highest BCUT2D eigenvalue weighted by atomic mass is 16.6. The van der Waals surface area contributed by atoms with Gasteiger partial charge in [0, 0.05) is 12.8 Å². The van der Waals surface area contributed by atoms with Crippen molar-refractivity contribution in [2.24, 2.45) is 92.7 Å². The fraction of sp³-hybridized carbons (Fsp3) is 0.908. The van der Waals surface area contributed by atoms with Gasteiger partial charge in [-0.25, -0.2) is 9.59 Å². The zero-order valence-electron chi connectivity index (χ0n) is 47.6. The summed E-state index contributed by atoms with van der Waals surface area (Å²) in [5.41, 5.74) is 4.25. The Balaban J connectivity index is 0.675. The summed E-state index contributed by atoms with van der Waals surface area (Å²) in [6.07, 6.45) is 36.3. The Morgan fingerprint density at radius 2 is 0.944 bits per heavy atom. The second-order valence-corrected chi connectivity index (χ2v) is 29.0. The number of carbonyl (C=O) groups is 2. The fourth-order valence-electron chi connectivity index (χ4n) is 19.9. The highest BCUT2D eigenvalue weighted by molar-refractivity contribution is 5.71. The molecule has 16 atom stereocenters. The lowest BCUT2D eigenvalue weighted by Gasteiger charge is -2.58. The summed E-state index contributed by atoms with van der Waals surface area (Å²) in [7, 11) is 0. The lowest BCUT2D eigenvalue weighted by molar-refractivity contribution is -0.169. The number of allylic oxidation sites excluding steroid dienone is 2. The van der Waals surface area contributed by atoms with Gasteiger partial charge in [-0.3, -0.25) is 0 Å². The minimum Gasteiger partial charge on any atom is -0.460 e. The lowest BCUT2D eigenvalue weighted by atomic mass is 9.47. The molecule has 0 radical (unpaired) electrons. The summed E-state index contributed by atoms with van der Waals surface area (Å²) < 4.78 is 24.9. The van der Waals surface area contributed by atoms with Crippen molar-refractivity contribution in [3.05, 3.63) is 23.3 Å². The van der Waals surface area contributed by atoms with Crippen molar-refractivity contribution >= 4 is 11.9 Å². The first-order chi connectivity index (χ1) is 33.7. The van der Waals surface area contributed by atoms with Gasteiger partial charge in [-0.2, -0.15) is 0 Å². The number of hydrogen-bond acceptors (Lipinski definition) is 6. The molecule has 9 aliphatic rings. The maximum Gasteiger partial charge on any atom is 0.332 e. The third kappa shape index (κ3) is 11.0. The Labute approximate surface area is 434 Å². The fourth-order valence-corrected chi connectivity index (χ4v) is 19.9. The summed E-state index contributed by atoms with van der Waals surface area (Å²) in [4.78, 5) is 26.6. The van der Waals surface area contributed by atoms with Gasteiger partial charge < -0.3 is 18.9 Å². The van der Waals surface area contributed by atoms with Gasteiger partial charge in [-0.05, 0) is 215 Å². The molecule has 0 aliphatic heterocycles. The maximum absolute atomic E-state index is 13.3. The van der Waals surface area contributed by atoms with E-state index in [9.17, 15) is 9.59 Å². The molecule has 7 fully saturated rings. The minimum absolute atomic E-state index is 0.000156. The van der Waals surface area contributed by atoms with Gasteiger partial charge in [0.25, 0.3) is 0 Å².